The molecule has 0 saturated heterocycles. The van der Waals surface area contributed by atoms with Crippen LogP contribution in [-0.2, 0) is 32.7 Å². The molecule has 0 aliphatic carbocycles. The lowest BCUT2D eigenvalue weighted by atomic mass is 10.1. The van der Waals surface area contributed by atoms with Crippen LogP contribution in [0, 0.1) is 0 Å². The summed E-state index contributed by atoms with van der Waals surface area (Å²) in [7, 11) is 1.43. The van der Waals surface area contributed by atoms with E-state index in [1.54, 1.807) is 0 Å². The van der Waals surface area contributed by atoms with Crippen LogP contribution in [0.25, 0.3) is 0 Å². The normalized spacial score (nSPS) is 14.5. The first kappa shape index (κ1) is 50.5. The second-order valence-corrected chi connectivity index (χ2v) is 15.8. The SMILES string of the molecule is CC/C=C/C=C/C=C/C=C/CCCCCCCC(=O)O[C@H](COC(=O)CCCCCCC/C=C/C/C=C/CCCC)COP(=O)(O)OCC[N+](C)(C)C. The zero-order valence-corrected chi connectivity index (χ0v) is 34.9. The predicted octanol–water partition coefficient (Wildman–Crippen LogP) is 11.1. The Morgan fingerprint density at radius 1 is 0.623 bits per heavy atom. The van der Waals surface area contributed by atoms with Gasteiger partial charge in [-0.2, -0.15) is 0 Å². The Bertz CT molecular complexity index is 1140. The zero-order valence-electron chi connectivity index (χ0n) is 34.0. The van der Waals surface area contributed by atoms with Crippen molar-refractivity contribution < 1.29 is 42.1 Å². The van der Waals surface area contributed by atoms with Crippen molar-refractivity contribution in [3.8, 4) is 0 Å². The molecule has 0 radical (unpaired) electrons. The third kappa shape index (κ3) is 39.0. The van der Waals surface area contributed by atoms with Crippen LogP contribution < -0.4 is 0 Å². The molecule has 1 N–H and O–H groups in total. The van der Waals surface area contributed by atoms with Crippen molar-refractivity contribution in [1.29, 1.82) is 0 Å². The number of rotatable bonds is 35. The average Bonchev–Trinajstić information content (AvgIpc) is 3.10. The Labute approximate surface area is 323 Å². The van der Waals surface area contributed by atoms with E-state index in [0.29, 0.717) is 23.9 Å². The number of nitrogens with zero attached hydrogens (tertiary/aromatic N) is 1. The largest absolute Gasteiger partial charge is 0.472 e. The zero-order chi connectivity index (χ0) is 39.3. The molecule has 0 saturated carbocycles. The minimum Gasteiger partial charge on any atom is -0.462 e. The molecule has 0 aromatic carbocycles. The van der Waals surface area contributed by atoms with Crippen LogP contribution in [0.2, 0.25) is 0 Å². The second-order valence-electron chi connectivity index (χ2n) is 14.4. The summed E-state index contributed by atoms with van der Waals surface area (Å²) in [5.41, 5.74) is 0. The number of unbranched alkanes of at least 4 members (excludes halogenated alkanes) is 12. The van der Waals surface area contributed by atoms with Gasteiger partial charge >= 0.3 is 19.8 Å². The number of ether oxygens (including phenoxy) is 2. The van der Waals surface area contributed by atoms with Gasteiger partial charge in [0.05, 0.1) is 27.7 Å². The minimum absolute atomic E-state index is 0.0202. The van der Waals surface area contributed by atoms with Gasteiger partial charge in [0.2, 0.25) is 0 Å². The maximum Gasteiger partial charge on any atom is 0.472 e. The van der Waals surface area contributed by atoms with Gasteiger partial charge in [-0.3, -0.25) is 18.6 Å². The van der Waals surface area contributed by atoms with Gasteiger partial charge < -0.3 is 18.9 Å². The summed E-state index contributed by atoms with van der Waals surface area (Å²) < 4.78 is 34.2. The molecule has 0 aromatic rings. The number of hydrogen-bond donors (Lipinski definition) is 1. The lowest BCUT2D eigenvalue weighted by molar-refractivity contribution is -0.870. The standard InChI is InChI=1S/C43H74NO8P/c1-6-8-10-12-14-16-18-20-22-24-26-28-30-32-34-36-43(46)52-41(40-51-53(47,48)50-38-37-44(3,4)5)39-49-42(45)35-33-31-29-27-25-23-21-19-17-15-13-11-9-7-2/h8,10,12-16,18-22,41H,6-7,9,11,17,23-40H2,1-5H3/p+1/b10-8+,14-12+,15-13+,18-16+,21-19+,22-20+/t41-/m1/s1. The number of allylic oxidation sites excluding steroid dienone is 12. The van der Waals surface area contributed by atoms with Crippen molar-refractivity contribution in [2.45, 2.75) is 142 Å². The van der Waals surface area contributed by atoms with Crippen LogP contribution in [0.15, 0.2) is 72.9 Å². The summed E-state index contributed by atoms with van der Waals surface area (Å²) in [4.78, 5) is 35.3. The van der Waals surface area contributed by atoms with Crippen molar-refractivity contribution in [3.63, 3.8) is 0 Å². The van der Waals surface area contributed by atoms with E-state index in [0.717, 1.165) is 83.5 Å². The maximum absolute atomic E-state index is 12.6. The molecule has 0 aliphatic heterocycles. The van der Waals surface area contributed by atoms with E-state index in [-0.39, 0.29) is 26.1 Å². The van der Waals surface area contributed by atoms with Crippen molar-refractivity contribution in [2.75, 3.05) is 47.5 Å². The Morgan fingerprint density at radius 3 is 1.75 bits per heavy atom. The minimum atomic E-state index is -4.38. The molecule has 0 bridgehead atoms. The molecule has 0 spiro atoms. The van der Waals surface area contributed by atoms with Gasteiger partial charge in [-0.05, 0) is 57.8 Å². The highest BCUT2D eigenvalue weighted by molar-refractivity contribution is 7.47. The van der Waals surface area contributed by atoms with Crippen LogP contribution in [-0.4, -0.2) is 74.9 Å². The predicted molar refractivity (Wildman–Crippen MR) is 219 cm³/mol. The highest BCUT2D eigenvalue weighted by atomic mass is 31.2. The van der Waals surface area contributed by atoms with Crippen molar-refractivity contribution in [1.82, 2.24) is 0 Å². The third-order valence-corrected chi connectivity index (χ3v) is 9.05. The highest BCUT2D eigenvalue weighted by Gasteiger charge is 2.27. The van der Waals surface area contributed by atoms with Crippen molar-refractivity contribution >= 4 is 19.8 Å². The number of carbonyl (C=O) groups is 2. The summed E-state index contributed by atoms with van der Waals surface area (Å²) >= 11 is 0. The number of carbonyl (C=O) groups excluding carboxylic acids is 2. The number of quaternary nitrogens is 1. The summed E-state index contributed by atoms with van der Waals surface area (Å²) in [6.45, 7) is 4.16. The van der Waals surface area contributed by atoms with Gasteiger partial charge in [-0.1, -0.05) is 138 Å². The number of likely N-dealkylation sites (N-methyl/N-ethyl adjacent to an activating group) is 1. The van der Waals surface area contributed by atoms with Crippen LogP contribution >= 0.6 is 7.82 Å². The fourth-order valence-corrected chi connectivity index (χ4v) is 5.60. The van der Waals surface area contributed by atoms with E-state index in [1.807, 2.05) is 51.5 Å². The lowest BCUT2D eigenvalue weighted by Gasteiger charge is -2.24. The van der Waals surface area contributed by atoms with E-state index >= 15 is 0 Å². The smallest absolute Gasteiger partial charge is 0.462 e. The fourth-order valence-electron chi connectivity index (χ4n) is 4.86. The summed E-state index contributed by atoms with van der Waals surface area (Å²) in [5.74, 6) is -0.851. The first-order valence-electron chi connectivity index (χ1n) is 20.2. The molecule has 0 amide bonds. The van der Waals surface area contributed by atoms with Gasteiger partial charge in [0.15, 0.2) is 6.10 Å². The van der Waals surface area contributed by atoms with Gasteiger partial charge in [0, 0.05) is 12.8 Å². The van der Waals surface area contributed by atoms with Gasteiger partial charge in [0.1, 0.15) is 19.8 Å². The Kier molecular flexibility index (Phi) is 33.5. The molecule has 1 unspecified atom stereocenters. The van der Waals surface area contributed by atoms with Crippen LogP contribution in [0.4, 0.5) is 0 Å². The molecule has 0 rings (SSSR count). The Hall–Kier alpha value is -2.55. The van der Waals surface area contributed by atoms with Crippen molar-refractivity contribution in [3.05, 3.63) is 72.9 Å². The molecular weight excluding hydrogens is 689 g/mol. The molecule has 0 fully saturated rings. The Balaban J connectivity index is 4.50. The lowest BCUT2D eigenvalue weighted by Crippen LogP contribution is -2.37. The molecule has 0 aromatic heterocycles. The topological polar surface area (TPSA) is 108 Å². The molecule has 53 heavy (non-hydrogen) atoms. The molecule has 304 valence electrons. The van der Waals surface area contributed by atoms with Gasteiger partial charge in [0.25, 0.3) is 0 Å². The first-order chi connectivity index (χ1) is 25.5. The second kappa shape index (κ2) is 35.2. The molecular formula is C43H75NO8P+. The quantitative estimate of drug-likeness (QED) is 0.0170. The molecule has 9 nitrogen and oxygen atoms in total. The van der Waals surface area contributed by atoms with E-state index in [9.17, 15) is 19.0 Å². The Morgan fingerprint density at radius 2 is 1.15 bits per heavy atom. The van der Waals surface area contributed by atoms with E-state index in [2.05, 4.69) is 56.4 Å². The fraction of sp³-hybridized carbons (Fsp3) is 0.674. The molecule has 0 heterocycles. The van der Waals surface area contributed by atoms with E-state index < -0.39 is 32.5 Å². The van der Waals surface area contributed by atoms with Crippen molar-refractivity contribution in [2.24, 2.45) is 0 Å². The highest BCUT2D eigenvalue weighted by Crippen LogP contribution is 2.43. The van der Waals surface area contributed by atoms with Crippen LogP contribution in [0.5, 0.6) is 0 Å². The third-order valence-electron chi connectivity index (χ3n) is 8.07. The van der Waals surface area contributed by atoms with Gasteiger partial charge in [-0.15, -0.1) is 0 Å². The van der Waals surface area contributed by atoms with Crippen LogP contribution in [0.3, 0.4) is 0 Å². The summed E-state index contributed by atoms with van der Waals surface area (Å²) in [5, 5.41) is 0. The number of phosphoric acid groups is 1. The average molecular weight is 765 g/mol. The summed E-state index contributed by atoms with van der Waals surface area (Å²) in [6.07, 6.45) is 42.3. The van der Waals surface area contributed by atoms with Crippen LogP contribution in [0.1, 0.15) is 136 Å². The van der Waals surface area contributed by atoms with E-state index in [1.165, 1.54) is 12.8 Å². The first-order valence-corrected chi connectivity index (χ1v) is 21.7. The summed E-state index contributed by atoms with van der Waals surface area (Å²) in [6, 6.07) is 0. The number of esters is 2. The van der Waals surface area contributed by atoms with E-state index in [4.69, 9.17) is 18.5 Å². The molecule has 10 heteroatoms. The monoisotopic (exact) mass is 765 g/mol. The van der Waals surface area contributed by atoms with Gasteiger partial charge in [-0.25, -0.2) is 4.57 Å². The number of phosphoric ester groups is 1. The maximum atomic E-state index is 12.6. The molecule has 0 aliphatic rings. The molecule has 2 atom stereocenters. The number of hydrogen-bond acceptors (Lipinski definition) is 7.